The molecule has 2 fully saturated rings. The molecule has 3 rings (SSSR count). The van der Waals surface area contributed by atoms with Gasteiger partial charge in [0.15, 0.2) is 0 Å². The van der Waals surface area contributed by atoms with Crippen molar-refractivity contribution in [3.05, 3.63) is 28.8 Å². The number of rotatable bonds is 6. The highest BCUT2D eigenvalue weighted by Gasteiger charge is 2.47. The molecule has 196 valence electrons. The fraction of sp³-hybridized carbons (Fsp3) is 0.667. The molecule has 0 bridgehead atoms. The van der Waals surface area contributed by atoms with Crippen LogP contribution in [0, 0.1) is 44.4 Å². The summed E-state index contributed by atoms with van der Waals surface area (Å²) in [5.41, 5.74) is 2.85. The van der Waals surface area contributed by atoms with Gasteiger partial charge < -0.3 is 9.47 Å². The normalized spacial score (nSPS) is 25.9. The van der Waals surface area contributed by atoms with E-state index in [1.807, 2.05) is 32.9 Å². The van der Waals surface area contributed by atoms with Crippen LogP contribution in [0.5, 0.6) is 5.75 Å². The maximum Gasteiger partial charge on any atom is 0.426 e. The minimum Gasteiger partial charge on any atom is -0.451 e. The van der Waals surface area contributed by atoms with Gasteiger partial charge in [0, 0.05) is 0 Å². The highest BCUT2D eigenvalue weighted by molar-refractivity contribution is 7.85. The van der Waals surface area contributed by atoms with Gasteiger partial charge >= 0.3 is 18.1 Å². The molecule has 5 atom stereocenters. The number of benzene rings is 1. The maximum absolute atomic E-state index is 13.1. The van der Waals surface area contributed by atoms with Crippen LogP contribution in [0.1, 0.15) is 55.2 Å². The molecule has 0 spiro atoms. The summed E-state index contributed by atoms with van der Waals surface area (Å²) in [5.74, 6) is -3.45. The molecule has 0 radical (unpaired) electrons. The van der Waals surface area contributed by atoms with Crippen molar-refractivity contribution in [3.8, 4) is 5.75 Å². The molecule has 5 unspecified atom stereocenters. The summed E-state index contributed by atoms with van der Waals surface area (Å²) in [6.45, 7) is 5.75. The second-order valence-corrected chi connectivity index (χ2v) is 11.4. The van der Waals surface area contributed by atoms with Crippen LogP contribution in [-0.4, -0.2) is 42.9 Å². The SMILES string of the molecule is Cc1cc(C)c(OC(=O)C2CCC3CC(C(=O)OC(CS(=O)(=O)O)C(F)(F)F)CCC3C2)c(C)c1. The third-order valence-corrected chi connectivity index (χ3v) is 7.80. The van der Waals surface area contributed by atoms with Crippen LogP contribution in [0.3, 0.4) is 0 Å². The lowest BCUT2D eigenvalue weighted by atomic mass is 9.65. The molecule has 1 N–H and O–H groups in total. The van der Waals surface area contributed by atoms with Crippen molar-refractivity contribution in [3.63, 3.8) is 0 Å². The molecule has 7 nitrogen and oxygen atoms in total. The number of hydrogen-bond donors (Lipinski definition) is 1. The second-order valence-electron chi connectivity index (χ2n) is 9.90. The Balaban J connectivity index is 1.57. The molecule has 0 amide bonds. The minimum absolute atomic E-state index is 0.0547. The third kappa shape index (κ3) is 7.19. The summed E-state index contributed by atoms with van der Waals surface area (Å²) in [4.78, 5) is 25.3. The molecule has 0 heterocycles. The molecular formula is C24H31F3O7S. The molecule has 35 heavy (non-hydrogen) atoms. The molecule has 2 aliphatic carbocycles. The van der Waals surface area contributed by atoms with Gasteiger partial charge in [0.25, 0.3) is 10.1 Å². The van der Waals surface area contributed by atoms with Gasteiger partial charge in [0.1, 0.15) is 11.5 Å². The molecule has 1 aromatic carbocycles. The first-order chi connectivity index (χ1) is 16.1. The van der Waals surface area contributed by atoms with Crippen LogP contribution < -0.4 is 4.74 Å². The standard InChI is InChI=1S/C24H31F3O7S/c1-13-8-14(2)21(15(3)9-13)34-23(29)19-7-5-16-10-18(6-4-17(16)11-19)22(28)33-20(24(25,26)27)12-35(30,31)32/h8-9,16-20H,4-7,10-12H2,1-3H3,(H,30,31,32). The average molecular weight is 521 g/mol. The number of carbonyl (C=O) groups excluding carboxylic acids is 2. The quantitative estimate of drug-likeness (QED) is 0.329. The summed E-state index contributed by atoms with van der Waals surface area (Å²) in [7, 11) is -4.99. The maximum atomic E-state index is 13.1. The predicted octanol–water partition coefficient (Wildman–Crippen LogP) is 4.71. The van der Waals surface area contributed by atoms with E-state index in [1.165, 1.54) is 0 Å². The highest BCUT2D eigenvalue weighted by Crippen LogP contribution is 2.45. The lowest BCUT2D eigenvalue weighted by molar-refractivity contribution is -0.218. The topological polar surface area (TPSA) is 107 Å². The smallest absolute Gasteiger partial charge is 0.426 e. The van der Waals surface area contributed by atoms with E-state index >= 15 is 0 Å². The summed E-state index contributed by atoms with van der Waals surface area (Å²) in [6, 6.07) is 3.90. The Morgan fingerprint density at radius 1 is 0.971 bits per heavy atom. The van der Waals surface area contributed by atoms with Gasteiger partial charge in [0.2, 0.25) is 6.10 Å². The first kappa shape index (κ1) is 27.4. The molecule has 2 aliphatic rings. The Kier molecular flexibility index (Phi) is 8.20. The van der Waals surface area contributed by atoms with E-state index in [-0.39, 0.29) is 30.1 Å². The van der Waals surface area contributed by atoms with Crippen LogP contribution in [0.4, 0.5) is 13.2 Å². The number of fused-ring (bicyclic) bond motifs is 1. The van der Waals surface area contributed by atoms with E-state index in [4.69, 9.17) is 9.29 Å². The Morgan fingerprint density at radius 3 is 1.91 bits per heavy atom. The van der Waals surface area contributed by atoms with Crippen LogP contribution in [0.25, 0.3) is 0 Å². The van der Waals surface area contributed by atoms with Gasteiger partial charge in [-0.1, -0.05) is 17.7 Å². The summed E-state index contributed by atoms with van der Waals surface area (Å²) < 4.78 is 80.1. The molecule has 0 saturated heterocycles. The molecule has 0 aliphatic heterocycles. The number of alkyl halides is 3. The van der Waals surface area contributed by atoms with E-state index in [1.54, 1.807) is 0 Å². The molecule has 2 saturated carbocycles. The van der Waals surface area contributed by atoms with E-state index in [9.17, 15) is 31.2 Å². The van der Waals surface area contributed by atoms with Crippen LogP contribution in [-0.2, 0) is 24.4 Å². The Labute approximate surface area is 203 Å². The summed E-state index contributed by atoms with van der Waals surface area (Å²) in [5, 5.41) is 0. The monoisotopic (exact) mass is 520 g/mol. The van der Waals surface area contributed by atoms with Gasteiger partial charge in [-0.2, -0.15) is 21.6 Å². The Hall–Kier alpha value is -2.14. The van der Waals surface area contributed by atoms with Crippen molar-refractivity contribution in [2.75, 3.05) is 5.75 Å². The number of esters is 2. The summed E-state index contributed by atoms with van der Waals surface area (Å²) in [6.07, 6.45) is -5.11. The number of aryl methyl sites for hydroxylation is 3. The Morgan fingerprint density at radius 2 is 1.46 bits per heavy atom. The van der Waals surface area contributed by atoms with Crippen molar-refractivity contribution in [1.29, 1.82) is 0 Å². The summed E-state index contributed by atoms with van der Waals surface area (Å²) >= 11 is 0. The zero-order valence-electron chi connectivity index (χ0n) is 19.9. The van der Waals surface area contributed by atoms with Gasteiger partial charge in [0.05, 0.1) is 11.8 Å². The van der Waals surface area contributed by atoms with Crippen molar-refractivity contribution >= 4 is 22.1 Å². The van der Waals surface area contributed by atoms with E-state index in [0.29, 0.717) is 37.9 Å². The van der Waals surface area contributed by atoms with Crippen LogP contribution in [0.15, 0.2) is 12.1 Å². The Bertz CT molecular complexity index is 1040. The number of carbonyl (C=O) groups is 2. The molecule has 0 aromatic heterocycles. The number of hydrogen-bond acceptors (Lipinski definition) is 6. The zero-order chi connectivity index (χ0) is 26.1. The second kappa shape index (κ2) is 10.5. The fourth-order valence-electron chi connectivity index (χ4n) is 5.45. The average Bonchev–Trinajstić information content (AvgIpc) is 2.73. The third-order valence-electron chi connectivity index (χ3n) is 7.07. The predicted molar refractivity (Wildman–Crippen MR) is 120 cm³/mol. The highest BCUT2D eigenvalue weighted by atomic mass is 32.2. The zero-order valence-corrected chi connectivity index (χ0v) is 20.7. The first-order valence-corrected chi connectivity index (χ1v) is 13.3. The van der Waals surface area contributed by atoms with Crippen molar-refractivity contribution in [2.24, 2.45) is 23.7 Å². The fourth-order valence-corrected chi connectivity index (χ4v) is 6.09. The van der Waals surface area contributed by atoms with Gasteiger partial charge in [-0.25, -0.2) is 0 Å². The molecule has 1 aromatic rings. The van der Waals surface area contributed by atoms with Gasteiger partial charge in [-0.15, -0.1) is 0 Å². The minimum atomic E-state index is -5.12. The molecule has 11 heteroatoms. The van der Waals surface area contributed by atoms with Crippen molar-refractivity contribution < 1.29 is 45.2 Å². The lowest BCUT2D eigenvalue weighted by Crippen LogP contribution is -2.42. The van der Waals surface area contributed by atoms with Crippen LogP contribution in [0.2, 0.25) is 0 Å². The lowest BCUT2D eigenvalue weighted by Gasteiger charge is -2.41. The van der Waals surface area contributed by atoms with Gasteiger partial charge in [-0.05, 0) is 82.3 Å². The number of ether oxygens (including phenoxy) is 2. The van der Waals surface area contributed by atoms with Crippen molar-refractivity contribution in [1.82, 2.24) is 0 Å². The van der Waals surface area contributed by atoms with E-state index < -0.39 is 40.0 Å². The van der Waals surface area contributed by atoms with Gasteiger partial charge in [-0.3, -0.25) is 14.1 Å². The number of halogens is 3. The molecular weight excluding hydrogens is 489 g/mol. The van der Waals surface area contributed by atoms with E-state index in [0.717, 1.165) is 16.7 Å². The van der Waals surface area contributed by atoms with E-state index in [2.05, 4.69) is 4.74 Å². The van der Waals surface area contributed by atoms with Crippen molar-refractivity contribution in [2.45, 2.75) is 71.6 Å². The largest absolute Gasteiger partial charge is 0.451 e. The van der Waals surface area contributed by atoms with Crippen LogP contribution >= 0.6 is 0 Å². The first-order valence-electron chi connectivity index (χ1n) is 11.7.